The Bertz CT molecular complexity index is 1440. The second-order valence-electron chi connectivity index (χ2n) is 12.8. The molecule has 2 atom stereocenters. The number of hydrogen-bond acceptors (Lipinski definition) is 7. The highest BCUT2D eigenvalue weighted by Crippen LogP contribution is 2.60. The third-order valence-electron chi connectivity index (χ3n) is 7.78. The maximum absolute atomic E-state index is 13.0. The standard InChI is InChI=1S/C34H44N2O6S3.C3H8.2C2H6/c1-7-25-13-17-29(18-14-25)35-31(37)23-27(33(35)39)11-9-21-43-41-45(5,6)42-44(3,4)22-10-12-28-24-32(38)36(34(28)40)30-19-15-26(8-2)16-20-30;1-3-2;2*1-2/h7-8,13-20,27-28H,1-2,9-12,21-24H2,3-6H3;3H2,1-2H3;2*1-2H3. The van der Waals surface area contributed by atoms with Gasteiger partial charge >= 0.3 is 0 Å². The Morgan fingerprint density at radius 1 is 0.712 bits per heavy atom. The zero-order valence-corrected chi connectivity index (χ0v) is 35.7. The molecule has 0 radical (unpaired) electrons. The molecule has 2 fully saturated rings. The van der Waals surface area contributed by atoms with Crippen LogP contribution in [0.15, 0.2) is 61.7 Å². The van der Waals surface area contributed by atoms with E-state index < -0.39 is 20.9 Å². The van der Waals surface area contributed by atoms with Crippen LogP contribution in [0, 0.1) is 11.8 Å². The molecule has 2 aromatic carbocycles. The molecule has 0 bridgehead atoms. The normalized spacial score (nSPS) is 17.7. The Balaban J connectivity index is 0.00000180. The molecule has 2 heterocycles. The number of benzene rings is 2. The number of nitrogens with zero attached hydrogens (tertiary/aromatic N) is 2. The summed E-state index contributed by atoms with van der Waals surface area (Å²) in [5, 5.41) is 0. The SMILES string of the molecule is C=Cc1ccc(N2C(=O)CC(CCCSOS(C)(C)OS(C)(C)CCCC3CC(=O)N(c4ccc(C=C)cc4)C3=O)C2=O)cc1.CC.CC.CCC. The van der Waals surface area contributed by atoms with Gasteiger partial charge in [-0.25, -0.2) is 7.26 Å². The Hall–Kier alpha value is -2.83. The van der Waals surface area contributed by atoms with Crippen molar-refractivity contribution in [3.63, 3.8) is 0 Å². The van der Waals surface area contributed by atoms with E-state index in [0.717, 1.165) is 29.7 Å². The Kier molecular flexibility index (Phi) is 21.6. The van der Waals surface area contributed by atoms with Gasteiger partial charge in [0.1, 0.15) is 0 Å². The van der Waals surface area contributed by atoms with Crippen LogP contribution in [-0.2, 0) is 26.4 Å². The molecule has 2 aromatic rings. The second-order valence-corrected chi connectivity index (χ2v) is 20.1. The van der Waals surface area contributed by atoms with Crippen molar-refractivity contribution < 1.29 is 26.4 Å². The summed E-state index contributed by atoms with van der Waals surface area (Å²) in [6.07, 6.45) is 16.1. The quantitative estimate of drug-likeness (QED) is 0.0952. The highest BCUT2D eigenvalue weighted by molar-refractivity contribution is 8.40. The van der Waals surface area contributed by atoms with Crippen LogP contribution in [-0.4, -0.2) is 60.2 Å². The number of carbonyl (C=O) groups is 4. The monoisotopic (exact) mass is 776 g/mol. The molecule has 11 heteroatoms. The largest absolute Gasteiger partial charge is 0.274 e. The molecule has 4 amide bonds. The van der Waals surface area contributed by atoms with Crippen LogP contribution in [0.1, 0.15) is 97.6 Å². The molecule has 4 rings (SSSR count). The fraction of sp³-hybridized carbons (Fsp3) is 0.512. The van der Waals surface area contributed by atoms with Crippen molar-refractivity contribution >= 4 is 80.1 Å². The Morgan fingerprint density at radius 2 is 1.10 bits per heavy atom. The van der Waals surface area contributed by atoms with Gasteiger partial charge < -0.3 is 0 Å². The third kappa shape index (κ3) is 14.5. The van der Waals surface area contributed by atoms with Gasteiger partial charge in [0.2, 0.25) is 23.6 Å². The molecule has 0 aliphatic carbocycles. The minimum absolute atomic E-state index is 0.135. The van der Waals surface area contributed by atoms with Gasteiger partial charge in [-0.3, -0.25) is 29.0 Å². The summed E-state index contributed by atoms with van der Waals surface area (Å²) in [7, 11) is -3.26. The summed E-state index contributed by atoms with van der Waals surface area (Å²) in [5.74, 6) is 0.259. The van der Waals surface area contributed by atoms with E-state index in [-0.39, 0.29) is 48.3 Å². The molecule has 2 saturated heterocycles. The summed E-state index contributed by atoms with van der Waals surface area (Å²) < 4.78 is 12.6. The van der Waals surface area contributed by atoms with E-state index in [9.17, 15) is 19.2 Å². The van der Waals surface area contributed by atoms with Crippen LogP contribution in [0.4, 0.5) is 11.4 Å². The van der Waals surface area contributed by atoms with E-state index in [1.165, 1.54) is 28.3 Å². The van der Waals surface area contributed by atoms with E-state index >= 15 is 0 Å². The van der Waals surface area contributed by atoms with Gasteiger partial charge in [-0.15, -0.1) is 10.3 Å². The van der Waals surface area contributed by atoms with Gasteiger partial charge in [0.25, 0.3) is 0 Å². The minimum atomic E-state index is -1.80. The van der Waals surface area contributed by atoms with Crippen LogP contribution in [0.25, 0.3) is 12.2 Å². The van der Waals surface area contributed by atoms with Crippen molar-refractivity contribution in [1.29, 1.82) is 0 Å². The summed E-state index contributed by atoms with van der Waals surface area (Å²) in [4.78, 5) is 53.8. The van der Waals surface area contributed by atoms with Crippen molar-refractivity contribution in [1.82, 2.24) is 0 Å². The van der Waals surface area contributed by atoms with E-state index in [1.807, 2.05) is 64.5 Å². The molecule has 2 aliphatic rings. The van der Waals surface area contributed by atoms with Crippen molar-refractivity contribution in [3.05, 3.63) is 72.8 Å². The van der Waals surface area contributed by atoms with Gasteiger partial charge in [0, 0.05) is 60.7 Å². The highest BCUT2D eigenvalue weighted by Gasteiger charge is 2.40. The van der Waals surface area contributed by atoms with Crippen molar-refractivity contribution in [3.8, 4) is 0 Å². The molecule has 292 valence electrons. The molecule has 2 aliphatic heterocycles. The van der Waals surface area contributed by atoms with E-state index in [4.69, 9.17) is 7.26 Å². The maximum Gasteiger partial charge on any atom is 0.237 e. The lowest BCUT2D eigenvalue weighted by Crippen LogP contribution is -2.30. The van der Waals surface area contributed by atoms with Gasteiger partial charge in [-0.2, -0.15) is 10.6 Å². The summed E-state index contributed by atoms with van der Waals surface area (Å²) >= 11 is 1.35. The molecule has 8 nitrogen and oxygen atoms in total. The Morgan fingerprint density at radius 3 is 1.48 bits per heavy atom. The number of rotatable bonds is 16. The lowest BCUT2D eigenvalue weighted by molar-refractivity contribution is -0.123. The van der Waals surface area contributed by atoms with Crippen LogP contribution < -0.4 is 9.80 Å². The van der Waals surface area contributed by atoms with E-state index in [2.05, 4.69) is 39.5 Å². The molecule has 0 spiro atoms. The predicted molar refractivity (Wildman–Crippen MR) is 230 cm³/mol. The highest BCUT2D eigenvalue weighted by atomic mass is 32.4. The second kappa shape index (κ2) is 23.8. The first-order chi connectivity index (χ1) is 24.8. The smallest absolute Gasteiger partial charge is 0.237 e. The van der Waals surface area contributed by atoms with E-state index in [1.54, 1.807) is 36.4 Å². The first kappa shape index (κ1) is 47.2. The zero-order chi connectivity index (χ0) is 39.5. The number of imide groups is 2. The average molecular weight is 777 g/mol. The van der Waals surface area contributed by atoms with Crippen LogP contribution >= 0.6 is 32.9 Å². The Labute approximate surface area is 322 Å². The van der Waals surface area contributed by atoms with Gasteiger partial charge in [-0.1, -0.05) is 97.5 Å². The van der Waals surface area contributed by atoms with Gasteiger partial charge in [0.15, 0.2) is 0 Å². The molecular weight excluding hydrogens is 713 g/mol. The third-order valence-corrected chi connectivity index (χ3v) is 14.0. The number of hydrogen-bond donors (Lipinski definition) is 0. The molecule has 52 heavy (non-hydrogen) atoms. The van der Waals surface area contributed by atoms with Crippen LogP contribution in [0.3, 0.4) is 0 Å². The van der Waals surface area contributed by atoms with Crippen LogP contribution in [0.2, 0.25) is 0 Å². The minimum Gasteiger partial charge on any atom is -0.274 e. The van der Waals surface area contributed by atoms with Crippen molar-refractivity contribution in [2.24, 2.45) is 11.8 Å². The number of carbonyl (C=O) groups excluding carboxylic acids is 4. The summed E-state index contributed by atoms with van der Waals surface area (Å²) in [5.41, 5.74) is 3.07. The fourth-order valence-corrected chi connectivity index (χ4v) is 12.1. The number of anilines is 2. The predicted octanol–water partition coefficient (Wildman–Crippen LogP) is 11.0. The molecule has 0 aromatic heterocycles. The van der Waals surface area contributed by atoms with Crippen LogP contribution in [0.5, 0.6) is 0 Å². The first-order valence-corrected chi connectivity index (χ1v) is 24.2. The lowest BCUT2D eigenvalue weighted by atomic mass is 10.0. The van der Waals surface area contributed by atoms with Crippen molar-refractivity contribution in [2.75, 3.05) is 46.3 Å². The summed E-state index contributed by atoms with van der Waals surface area (Å²) in [6, 6.07) is 14.5. The topological polar surface area (TPSA) is 93.2 Å². The molecular formula is C41H64N2O6S3. The van der Waals surface area contributed by atoms with Crippen molar-refractivity contribution in [2.45, 2.75) is 86.5 Å². The lowest BCUT2D eigenvalue weighted by Gasteiger charge is -2.43. The molecule has 0 saturated carbocycles. The number of amides is 4. The maximum atomic E-state index is 13.0. The first-order valence-electron chi connectivity index (χ1n) is 18.4. The van der Waals surface area contributed by atoms with Gasteiger partial charge in [0.05, 0.1) is 11.4 Å². The molecule has 2 unspecified atom stereocenters. The summed E-state index contributed by atoms with van der Waals surface area (Å²) in [6.45, 7) is 19.7. The van der Waals surface area contributed by atoms with Gasteiger partial charge in [-0.05, 0) is 73.6 Å². The zero-order valence-electron chi connectivity index (χ0n) is 33.3. The average Bonchev–Trinajstić information content (AvgIpc) is 3.57. The van der Waals surface area contributed by atoms with E-state index in [0.29, 0.717) is 30.0 Å². The molecule has 0 N–H and O–H groups in total. The fourth-order valence-electron chi connectivity index (χ4n) is 5.61.